The standard InChI is InChI=1S/C10H18N4O/c1-8-9(10(15-3)13(2)12-8)14-6-4-11-5-7-14/h11H,4-7H2,1-3H3. The van der Waals surface area contributed by atoms with Crippen LogP contribution < -0.4 is 15.0 Å². The van der Waals surface area contributed by atoms with Gasteiger partial charge < -0.3 is 15.0 Å². The Bertz CT molecular complexity index is 341. The molecule has 1 aliphatic rings. The summed E-state index contributed by atoms with van der Waals surface area (Å²) in [5.41, 5.74) is 2.18. The number of piperazine rings is 1. The van der Waals surface area contributed by atoms with Crippen LogP contribution in [0.5, 0.6) is 5.88 Å². The van der Waals surface area contributed by atoms with Crippen molar-refractivity contribution in [2.24, 2.45) is 7.05 Å². The lowest BCUT2D eigenvalue weighted by Gasteiger charge is -2.29. The van der Waals surface area contributed by atoms with Gasteiger partial charge in [0.1, 0.15) is 5.69 Å². The van der Waals surface area contributed by atoms with Gasteiger partial charge in [0.05, 0.1) is 12.8 Å². The topological polar surface area (TPSA) is 42.3 Å². The van der Waals surface area contributed by atoms with Crippen molar-refractivity contribution in [3.8, 4) is 5.88 Å². The van der Waals surface area contributed by atoms with E-state index in [-0.39, 0.29) is 0 Å². The number of hydrogen-bond donors (Lipinski definition) is 1. The number of aryl methyl sites for hydroxylation is 2. The van der Waals surface area contributed by atoms with Crippen LogP contribution in [0.3, 0.4) is 0 Å². The van der Waals surface area contributed by atoms with Crippen molar-refractivity contribution in [2.75, 3.05) is 38.2 Å². The molecule has 84 valence electrons. The molecular weight excluding hydrogens is 192 g/mol. The minimum atomic E-state index is 0.856. The first kappa shape index (κ1) is 10.3. The maximum absolute atomic E-state index is 5.39. The number of methoxy groups -OCH3 is 1. The van der Waals surface area contributed by atoms with E-state index in [0.29, 0.717) is 0 Å². The lowest BCUT2D eigenvalue weighted by molar-refractivity contribution is 0.372. The van der Waals surface area contributed by atoms with Crippen LogP contribution in [0.4, 0.5) is 5.69 Å². The first-order chi connectivity index (χ1) is 7.24. The van der Waals surface area contributed by atoms with E-state index in [2.05, 4.69) is 15.3 Å². The van der Waals surface area contributed by atoms with E-state index in [1.165, 1.54) is 0 Å². The van der Waals surface area contributed by atoms with Crippen molar-refractivity contribution in [3.05, 3.63) is 5.69 Å². The van der Waals surface area contributed by atoms with Crippen molar-refractivity contribution in [3.63, 3.8) is 0 Å². The lowest BCUT2D eigenvalue weighted by Crippen LogP contribution is -2.43. The van der Waals surface area contributed by atoms with Gasteiger partial charge in [-0.05, 0) is 6.92 Å². The molecule has 1 aromatic heterocycles. The highest BCUT2D eigenvalue weighted by Crippen LogP contribution is 2.31. The molecule has 0 amide bonds. The number of hydrogen-bond acceptors (Lipinski definition) is 4. The summed E-state index contributed by atoms with van der Waals surface area (Å²) in [4.78, 5) is 2.33. The third kappa shape index (κ3) is 1.79. The van der Waals surface area contributed by atoms with E-state index in [1.807, 2.05) is 14.0 Å². The second-order valence-corrected chi connectivity index (χ2v) is 3.80. The van der Waals surface area contributed by atoms with Gasteiger partial charge in [0.2, 0.25) is 5.88 Å². The average Bonchev–Trinajstić information content (AvgIpc) is 2.54. The Morgan fingerprint density at radius 1 is 1.33 bits per heavy atom. The van der Waals surface area contributed by atoms with Gasteiger partial charge in [-0.3, -0.25) is 0 Å². The normalized spacial score (nSPS) is 16.9. The molecule has 0 aliphatic carbocycles. The van der Waals surface area contributed by atoms with E-state index in [9.17, 15) is 0 Å². The third-order valence-electron chi connectivity index (χ3n) is 2.77. The molecule has 0 radical (unpaired) electrons. The van der Waals surface area contributed by atoms with Crippen LogP contribution in [0.25, 0.3) is 0 Å². The van der Waals surface area contributed by atoms with E-state index >= 15 is 0 Å². The molecule has 5 heteroatoms. The van der Waals surface area contributed by atoms with Gasteiger partial charge in [-0.1, -0.05) is 0 Å². The Hall–Kier alpha value is -1.23. The molecule has 1 N–H and O–H groups in total. The minimum Gasteiger partial charge on any atom is -0.480 e. The number of ether oxygens (including phenoxy) is 1. The minimum absolute atomic E-state index is 0.856. The first-order valence-corrected chi connectivity index (χ1v) is 5.27. The highest BCUT2D eigenvalue weighted by molar-refractivity contribution is 5.59. The van der Waals surface area contributed by atoms with E-state index < -0.39 is 0 Å². The summed E-state index contributed by atoms with van der Waals surface area (Å²) >= 11 is 0. The number of anilines is 1. The van der Waals surface area contributed by atoms with Crippen LogP contribution in [0, 0.1) is 6.92 Å². The van der Waals surface area contributed by atoms with Crippen molar-refractivity contribution < 1.29 is 4.74 Å². The molecule has 1 aliphatic heterocycles. The Morgan fingerprint density at radius 2 is 2.00 bits per heavy atom. The zero-order valence-electron chi connectivity index (χ0n) is 9.58. The Labute approximate surface area is 90.0 Å². The molecule has 1 aromatic rings. The van der Waals surface area contributed by atoms with Gasteiger partial charge >= 0.3 is 0 Å². The Kier molecular flexibility index (Phi) is 2.81. The first-order valence-electron chi connectivity index (χ1n) is 5.27. The molecule has 1 saturated heterocycles. The van der Waals surface area contributed by atoms with Crippen molar-refractivity contribution in [1.29, 1.82) is 0 Å². The highest BCUT2D eigenvalue weighted by Gasteiger charge is 2.21. The van der Waals surface area contributed by atoms with Crippen LogP contribution in [-0.4, -0.2) is 43.1 Å². The van der Waals surface area contributed by atoms with Gasteiger partial charge in [0.25, 0.3) is 0 Å². The van der Waals surface area contributed by atoms with Gasteiger partial charge in [0.15, 0.2) is 0 Å². The predicted octanol–water partition coefficient (Wildman–Crippen LogP) is 0.147. The van der Waals surface area contributed by atoms with Crippen molar-refractivity contribution in [2.45, 2.75) is 6.92 Å². The fraction of sp³-hybridized carbons (Fsp3) is 0.700. The maximum atomic E-state index is 5.39. The summed E-state index contributed by atoms with van der Waals surface area (Å²) < 4.78 is 7.19. The molecule has 0 aromatic carbocycles. The third-order valence-corrected chi connectivity index (χ3v) is 2.77. The van der Waals surface area contributed by atoms with Gasteiger partial charge in [-0.15, -0.1) is 0 Å². The second-order valence-electron chi connectivity index (χ2n) is 3.80. The number of aromatic nitrogens is 2. The summed E-state index contributed by atoms with van der Waals surface area (Å²) in [7, 11) is 3.61. The SMILES string of the molecule is COc1c(N2CCNCC2)c(C)nn1C. The zero-order chi connectivity index (χ0) is 10.8. The molecule has 0 spiro atoms. The fourth-order valence-corrected chi connectivity index (χ4v) is 2.11. The number of rotatable bonds is 2. The molecule has 5 nitrogen and oxygen atoms in total. The summed E-state index contributed by atoms with van der Waals surface area (Å²) in [6, 6.07) is 0. The van der Waals surface area contributed by atoms with Crippen LogP contribution in [0.1, 0.15) is 5.69 Å². The Balaban J connectivity index is 2.32. The van der Waals surface area contributed by atoms with Gasteiger partial charge in [-0.2, -0.15) is 5.10 Å². The van der Waals surface area contributed by atoms with E-state index in [0.717, 1.165) is 43.4 Å². The quantitative estimate of drug-likeness (QED) is 0.754. The van der Waals surface area contributed by atoms with Crippen LogP contribution in [-0.2, 0) is 7.05 Å². The Morgan fingerprint density at radius 3 is 2.60 bits per heavy atom. The summed E-state index contributed by atoms with van der Waals surface area (Å²) in [6.07, 6.45) is 0. The average molecular weight is 210 g/mol. The summed E-state index contributed by atoms with van der Waals surface area (Å²) in [6.45, 7) is 6.11. The second kappa shape index (κ2) is 4.10. The molecule has 0 atom stereocenters. The molecule has 0 saturated carbocycles. The molecule has 15 heavy (non-hydrogen) atoms. The molecule has 0 unspecified atom stereocenters. The zero-order valence-corrected chi connectivity index (χ0v) is 9.58. The predicted molar refractivity (Wildman–Crippen MR) is 59.6 cm³/mol. The monoisotopic (exact) mass is 210 g/mol. The highest BCUT2D eigenvalue weighted by atomic mass is 16.5. The largest absolute Gasteiger partial charge is 0.480 e. The van der Waals surface area contributed by atoms with E-state index in [4.69, 9.17) is 4.74 Å². The fourth-order valence-electron chi connectivity index (χ4n) is 2.11. The smallest absolute Gasteiger partial charge is 0.235 e. The molecule has 2 heterocycles. The molecular formula is C10H18N4O. The van der Waals surface area contributed by atoms with Gasteiger partial charge in [0, 0.05) is 33.2 Å². The lowest BCUT2D eigenvalue weighted by atomic mass is 10.3. The van der Waals surface area contributed by atoms with Gasteiger partial charge in [-0.25, -0.2) is 4.68 Å². The van der Waals surface area contributed by atoms with E-state index in [1.54, 1.807) is 11.8 Å². The molecule has 0 bridgehead atoms. The number of nitrogens with one attached hydrogen (secondary N) is 1. The van der Waals surface area contributed by atoms with Crippen LogP contribution in [0.15, 0.2) is 0 Å². The van der Waals surface area contributed by atoms with Crippen LogP contribution in [0.2, 0.25) is 0 Å². The number of nitrogens with zero attached hydrogens (tertiary/aromatic N) is 3. The summed E-state index contributed by atoms with van der Waals surface area (Å²) in [5.74, 6) is 0.856. The molecule has 1 fully saturated rings. The van der Waals surface area contributed by atoms with Crippen LogP contribution >= 0.6 is 0 Å². The molecule has 2 rings (SSSR count). The van der Waals surface area contributed by atoms with Crippen molar-refractivity contribution >= 4 is 5.69 Å². The van der Waals surface area contributed by atoms with Crippen molar-refractivity contribution in [1.82, 2.24) is 15.1 Å². The maximum Gasteiger partial charge on any atom is 0.235 e. The summed E-state index contributed by atoms with van der Waals surface area (Å²) in [5, 5.41) is 7.73.